The maximum absolute atomic E-state index is 11.7. The van der Waals surface area contributed by atoms with E-state index in [2.05, 4.69) is 10.6 Å². The maximum atomic E-state index is 11.7. The highest BCUT2D eigenvalue weighted by atomic mass is 35.5. The second-order valence-corrected chi connectivity index (χ2v) is 4.30. The number of halogens is 2. The quantitative estimate of drug-likeness (QED) is 0.760. The Labute approximate surface area is 125 Å². The molecular weight excluding hydrogens is 287 g/mol. The van der Waals surface area contributed by atoms with Crippen LogP contribution in [0.2, 0.25) is 5.02 Å². The second-order valence-electron chi connectivity index (χ2n) is 3.86. The molecule has 1 unspecified atom stereocenters. The van der Waals surface area contributed by atoms with Crippen molar-refractivity contribution in [3.05, 3.63) is 29.3 Å². The molecule has 0 aliphatic rings. The summed E-state index contributed by atoms with van der Waals surface area (Å²) in [6.45, 7) is 5.97. The maximum Gasteiger partial charge on any atom is 0.260 e. The molecule has 0 spiro atoms. The summed E-state index contributed by atoms with van der Waals surface area (Å²) in [5.74, 6) is 0.463. The highest BCUT2D eigenvalue weighted by Crippen LogP contribution is 2.18. The van der Waals surface area contributed by atoms with Crippen LogP contribution in [0.25, 0.3) is 0 Å². The number of hydrogen-bond acceptors (Lipinski definition) is 3. The molecule has 1 amide bonds. The van der Waals surface area contributed by atoms with E-state index in [0.29, 0.717) is 17.3 Å². The molecule has 1 aromatic carbocycles. The van der Waals surface area contributed by atoms with Crippen molar-refractivity contribution < 1.29 is 9.53 Å². The smallest absolute Gasteiger partial charge is 0.260 e. The largest absolute Gasteiger partial charge is 0.481 e. The summed E-state index contributed by atoms with van der Waals surface area (Å²) < 4.78 is 5.50. The molecule has 0 bridgehead atoms. The molecule has 1 aromatic rings. The average Bonchev–Trinajstić information content (AvgIpc) is 2.34. The number of ether oxygens (including phenoxy) is 1. The van der Waals surface area contributed by atoms with E-state index in [1.807, 2.05) is 6.92 Å². The first-order valence-corrected chi connectivity index (χ1v) is 6.42. The first-order valence-electron chi connectivity index (χ1n) is 6.04. The third-order valence-electron chi connectivity index (χ3n) is 2.33. The van der Waals surface area contributed by atoms with Gasteiger partial charge >= 0.3 is 0 Å². The van der Waals surface area contributed by atoms with E-state index in [1.54, 1.807) is 31.2 Å². The van der Waals surface area contributed by atoms with Crippen LogP contribution < -0.4 is 15.4 Å². The molecule has 0 saturated heterocycles. The summed E-state index contributed by atoms with van der Waals surface area (Å²) in [6.07, 6.45) is -0.537. The lowest BCUT2D eigenvalue weighted by molar-refractivity contribution is -0.127. The highest BCUT2D eigenvalue weighted by molar-refractivity contribution is 6.30. The van der Waals surface area contributed by atoms with Crippen LogP contribution in [-0.2, 0) is 4.79 Å². The number of carbonyl (C=O) groups is 1. The van der Waals surface area contributed by atoms with Crippen LogP contribution in [0.4, 0.5) is 0 Å². The van der Waals surface area contributed by atoms with Gasteiger partial charge in [0.05, 0.1) is 0 Å². The predicted octanol–water partition coefficient (Wildman–Crippen LogP) is 2.25. The van der Waals surface area contributed by atoms with Gasteiger partial charge in [-0.15, -0.1) is 12.4 Å². The fraction of sp³-hybridized carbons (Fsp3) is 0.462. The lowest BCUT2D eigenvalue weighted by Crippen LogP contribution is -2.39. The van der Waals surface area contributed by atoms with Crippen LogP contribution in [0.15, 0.2) is 24.3 Å². The molecular formula is C13H20Cl2N2O2. The molecule has 1 atom stereocenters. The number of amides is 1. The number of hydrogen-bond donors (Lipinski definition) is 2. The summed E-state index contributed by atoms with van der Waals surface area (Å²) in [4.78, 5) is 11.7. The van der Waals surface area contributed by atoms with E-state index >= 15 is 0 Å². The molecule has 19 heavy (non-hydrogen) atoms. The van der Waals surface area contributed by atoms with E-state index in [0.717, 1.165) is 13.1 Å². The van der Waals surface area contributed by atoms with Crippen LogP contribution in [-0.4, -0.2) is 31.6 Å². The first-order chi connectivity index (χ1) is 8.63. The van der Waals surface area contributed by atoms with E-state index in [4.69, 9.17) is 16.3 Å². The molecule has 0 saturated carbocycles. The van der Waals surface area contributed by atoms with Gasteiger partial charge in [0.15, 0.2) is 6.10 Å². The molecule has 0 radical (unpaired) electrons. The van der Waals surface area contributed by atoms with Gasteiger partial charge in [-0.3, -0.25) is 4.79 Å². The molecule has 108 valence electrons. The standard InChI is InChI=1S/C13H19ClN2O2.ClH/c1-3-15-7-8-16-13(17)10(2)18-12-6-4-5-11(14)9-12;/h4-6,9-10,15H,3,7-8H2,1-2H3,(H,16,17);1H. The van der Waals surface area contributed by atoms with Gasteiger partial charge in [-0.25, -0.2) is 0 Å². The Balaban J connectivity index is 0.00000324. The van der Waals surface area contributed by atoms with Crippen LogP contribution in [0.5, 0.6) is 5.75 Å². The molecule has 0 aliphatic carbocycles. The Morgan fingerprint density at radius 3 is 2.79 bits per heavy atom. The Morgan fingerprint density at radius 2 is 2.16 bits per heavy atom. The molecule has 2 N–H and O–H groups in total. The third-order valence-corrected chi connectivity index (χ3v) is 2.56. The Morgan fingerprint density at radius 1 is 1.42 bits per heavy atom. The van der Waals surface area contributed by atoms with Gasteiger partial charge in [0.2, 0.25) is 0 Å². The van der Waals surface area contributed by atoms with Gasteiger partial charge in [0, 0.05) is 18.1 Å². The van der Waals surface area contributed by atoms with Gasteiger partial charge in [-0.2, -0.15) is 0 Å². The molecule has 4 nitrogen and oxygen atoms in total. The van der Waals surface area contributed by atoms with E-state index in [1.165, 1.54) is 0 Å². The van der Waals surface area contributed by atoms with E-state index < -0.39 is 6.10 Å². The Hall–Kier alpha value is -0.970. The van der Waals surface area contributed by atoms with Crippen LogP contribution in [0.1, 0.15) is 13.8 Å². The normalized spacial score (nSPS) is 11.3. The number of rotatable bonds is 7. The zero-order chi connectivity index (χ0) is 13.4. The fourth-order valence-electron chi connectivity index (χ4n) is 1.39. The summed E-state index contributed by atoms with van der Waals surface area (Å²) in [6, 6.07) is 7.00. The fourth-order valence-corrected chi connectivity index (χ4v) is 1.57. The molecule has 0 heterocycles. The summed E-state index contributed by atoms with van der Waals surface area (Å²) >= 11 is 5.84. The van der Waals surface area contributed by atoms with Crippen molar-refractivity contribution in [1.29, 1.82) is 0 Å². The lowest BCUT2D eigenvalue weighted by atomic mass is 10.3. The zero-order valence-electron chi connectivity index (χ0n) is 11.1. The zero-order valence-corrected chi connectivity index (χ0v) is 12.7. The van der Waals surface area contributed by atoms with Crippen molar-refractivity contribution in [1.82, 2.24) is 10.6 Å². The van der Waals surface area contributed by atoms with Crippen molar-refractivity contribution >= 4 is 29.9 Å². The van der Waals surface area contributed by atoms with E-state index in [9.17, 15) is 4.79 Å². The molecule has 0 fully saturated rings. The van der Waals surface area contributed by atoms with Crippen LogP contribution in [0.3, 0.4) is 0 Å². The Kier molecular flexibility index (Phi) is 9.39. The van der Waals surface area contributed by atoms with Crippen molar-refractivity contribution in [2.45, 2.75) is 20.0 Å². The van der Waals surface area contributed by atoms with Gasteiger partial charge < -0.3 is 15.4 Å². The highest BCUT2D eigenvalue weighted by Gasteiger charge is 2.13. The topological polar surface area (TPSA) is 50.4 Å². The van der Waals surface area contributed by atoms with Gasteiger partial charge in [0.25, 0.3) is 5.91 Å². The average molecular weight is 307 g/mol. The number of likely N-dealkylation sites (N-methyl/N-ethyl adjacent to an activating group) is 1. The number of benzene rings is 1. The minimum Gasteiger partial charge on any atom is -0.481 e. The van der Waals surface area contributed by atoms with Crippen molar-refractivity contribution in [2.75, 3.05) is 19.6 Å². The Bertz CT molecular complexity index is 389. The molecule has 6 heteroatoms. The minimum absolute atomic E-state index is 0. The van der Waals surface area contributed by atoms with Crippen molar-refractivity contribution in [2.24, 2.45) is 0 Å². The lowest BCUT2D eigenvalue weighted by Gasteiger charge is -2.14. The van der Waals surface area contributed by atoms with Gasteiger partial charge in [-0.1, -0.05) is 24.6 Å². The summed E-state index contributed by atoms with van der Waals surface area (Å²) in [5, 5.41) is 6.51. The third kappa shape index (κ3) is 7.25. The van der Waals surface area contributed by atoms with E-state index in [-0.39, 0.29) is 18.3 Å². The number of nitrogens with one attached hydrogen (secondary N) is 2. The van der Waals surface area contributed by atoms with Crippen LogP contribution in [0, 0.1) is 0 Å². The minimum atomic E-state index is -0.537. The first kappa shape index (κ1) is 18.0. The summed E-state index contributed by atoms with van der Waals surface area (Å²) in [7, 11) is 0. The van der Waals surface area contributed by atoms with Gasteiger partial charge in [0.1, 0.15) is 5.75 Å². The summed E-state index contributed by atoms with van der Waals surface area (Å²) in [5.41, 5.74) is 0. The van der Waals surface area contributed by atoms with Crippen molar-refractivity contribution in [3.8, 4) is 5.75 Å². The molecule has 0 aromatic heterocycles. The predicted molar refractivity (Wildman–Crippen MR) is 80.3 cm³/mol. The molecule has 0 aliphatic heterocycles. The monoisotopic (exact) mass is 306 g/mol. The van der Waals surface area contributed by atoms with Crippen LogP contribution >= 0.6 is 24.0 Å². The SMILES string of the molecule is CCNCCNC(=O)C(C)Oc1cccc(Cl)c1.Cl. The van der Waals surface area contributed by atoms with Crippen molar-refractivity contribution in [3.63, 3.8) is 0 Å². The molecule has 1 rings (SSSR count). The number of carbonyl (C=O) groups excluding carboxylic acids is 1. The van der Waals surface area contributed by atoms with Gasteiger partial charge in [-0.05, 0) is 31.7 Å². The second kappa shape index (κ2) is 9.89.